The molecular formula is C14H13NO4. The van der Waals surface area contributed by atoms with E-state index in [1.165, 1.54) is 4.90 Å². The summed E-state index contributed by atoms with van der Waals surface area (Å²) >= 11 is 0. The molecular weight excluding hydrogens is 246 g/mol. The van der Waals surface area contributed by atoms with E-state index >= 15 is 0 Å². The van der Waals surface area contributed by atoms with Crippen LogP contribution in [0.2, 0.25) is 0 Å². The number of rotatable bonds is 4. The van der Waals surface area contributed by atoms with Crippen molar-refractivity contribution in [1.29, 1.82) is 0 Å². The third-order valence-electron chi connectivity index (χ3n) is 2.87. The number of carboxylic acid groups (broad SMARTS) is 1. The second-order valence-electron chi connectivity index (χ2n) is 4.28. The predicted molar refractivity (Wildman–Crippen MR) is 68.3 cm³/mol. The maximum Gasteiger partial charge on any atom is 0.305 e. The Morgan fingerprint density at radius 3 is 2.58 bits per heavy atom. The number of hydrogen-bond acceptors (Lipinski definition) is 3. The summed E-state index contributed by atoms with van der Waals surface area (Å²) in [5, 5.41) is 8.59. The zero-order valence-electron chi connectivity index (χ0n) is 10.2. The molecule has 1 N–H and O–H groups in total. The Bertz CT molecular complexity index is 548. The van der Waals surface area contributed by atoms with Crippen LogP contribution in [0.15, 0.2) is 35.9 Å². The molecule has 0 unspecified atom stereocenters. The molecule has 1 heterocycles. The number of carboxylic acids is 1. The van der Waals surface area contributed by atoms with E-state index in [1.54, 1.807) is 6.08 Å². The van der Waals surface area contributed by atoms with E-state index in [1.807, 2.05) is 30.3 Å². The zero-order chi connectivity index (χ0) is 13.8. The van der Waals surface area contributed by atoms with Crippen molar-refractivity contribution in [3.8, 4) is 0 Å². The normalized spacial score (nSPS) is 17.3. The highest BCUT2D eigenvalue weighted by Gasteiger charge is 2.33. The molecule has 5 heteroatoms. The summed E-state index contributed by atoms with van der Waals surface area (Å²) in [4.78, 5) is 35.2. The first kappa shape index (κ1) is 13.0. The first-order chi connectivity index (χ1) is 9.08. The minimum atomic E-state index is -0.985. The zero-order valence-corrected chi connectivity index (χ0v) is 10.2. The molecule has 0 radical (unpaired) electrons. The average Bonchev–Trinajstić information content (AvgIpc) is 2.66. The van der Waals surface area contributed by atoms with Gasteiger partial charge in [0, 0.05) is 12.1 Å². The van der Waals surface area contributed by atoms with Crippen molar-refractivity contribution < 1.29 is 19.5 Å². The van der Waals surface area contributed by atoms with Crippen LogP contribution in [0, 0.1) is 0 Å². The maximum atomic E-state index is 11.8. The van der Waals surface area contributed by atoms with Crippen LogP contribution in [0.4, 0.5) is 0 Å². The molecule has 1 aromatic carbocycles. The second-order valence-corrected chi connectivity index (χ2v) is 4.28. The lowest BCUT2D eigenvalue weighted by atomic mass is 10.1. The number of carbonyl (C=O) groups is 3. The number of ketones is 1. The van der Waals surface area contributed by atoms with Gasteiger partial charge in [-0.2, -0.15) is 0 Å². The lowest BCUT2D eigenvalue weighted by Crippen LogP contribution is -2.29. The number of likely N-dealkylation sites (tertiary alicyclic amines) is 1. The van der Waals surface area contributed by atoms with Gasteiger partial charge >= 0.3 is 5.97 Å². The molecule has 1 aliphatic rings. The Kier molecular flexibility index (Phi) is 3.75. The number of amides is 1. The number of Topliss-reactive ketones (excluding diaryl/α,β-unsaturated/α-hetero) is 1. The molecule has 1 fully saturated rings. The van der Waals surface area contributed by atoms with Gasteiger partial charge in [-0.05, 0) is 11.6 Å². The summed E-state index contributed by atoms with van der Waals surface area (Å²) in [6, 6.07) is 9.23. The van der Waals surface area contributed by atoms with Crippen LogP contribution >= 0.6 is 0 Å². The highest BCUT2D eigenvalue weighted by molar-refractivity contribution is 6.46. The van der Waals surface area contributed by atoms with Crippen LogP contribution in [0.1, 0.15) is 12.0 Å². The minimum absolute atomic E-state index is 0.0615. The third kappa shape index (κ3) is 3.07. The van der Waals surface area contributed by atoms with E-state index < -0.39 is 17.7 Å². The molecule has 0 saturated carbocycles. The lowest BCUT2D eigenvalue weighted by molar-refractivity contribution is -0.141. The van der Waals surface area contributed by atoms with Crippen molar-refractivity contribution >= 4 is 23.7 Å². The smallest absolute Gasteiger partial charge is 0.305 e. The first-order valence-electron chi connectivity index (χ1n) is 5.89. The van der Waals surface area contributed by atoms with Crippen molar-refractivity contribution in [3.63, 3.8) is 0 Å². The second kappa shape index (κ2) is 5.48. The largest absolute Gasteiger partial charge is 0.481 e. The molecule has 1 aromatic rings. The summed E-state index contributed by atoms with van der Waals surface area (Å²) in [5.74, 6) is -2.15. The van der Waals surface area contributed by atoms with Crippen molar-refractivity contribution in [2.24, 2.45) is 0 Å². The fourth-order valence-corrected chi connectivity index (χ4v) is 1.90. The summed E-state index contributed by atoms with van der Waals surface area (Å²) in [5.41, 5.74) is 1.25. The maximum absolute atomic E-state index is 11.8. The van der Waals surface area contributed by atoms with Gasteiger partial charge in [0.25, 0.3) is 5.91 Å². The van der Waals surface area contributed by atoms with Gasteiger partial charge in [-0.1, -0.05) is 30.3 Å². The number of nitrogens with zero attached hydrogens (tertiary/aromatic N) is 1. The Morgan fingerprint density at radius 1 is 1.26 bits per heavy atom. The predicted octanol–water partition coefficient (Wildman–Crippen LogP) is 0.956. The number of carbonyl (C=O) groups excluding carboxylic acids is 2. The minimum Gasteiger partial charge on any atom is -0.481 e. The standard InChI is InChI=1S/C14H13NO4/c16-12(17)6-7-15-9-11(13(18)14(15)19)8-10-4-2-1-3-5-10/h1-5,8H,6-7,9H2,(H,16,17)/b11-8+. The van der Waals surface area contributed by atoms with E-state index in [2.05, 4.69) is 0 Å². The third-order valence-corrected chi connectivity index (χ3v) is 2.87. The molecule has 0 bridgehead atoms. The Morgan fingerprint density at radius 2 is 1.95 bits per heavy atom. The monoisotopic (exact) mass is 259 g/mol. The van der Waals surface area contributed by atoms with Crippen molar-refractivity contribution in [3.05, 3.63) is 41.5 Å². The van der Waals surface area contributed by atoms with Gasteiger partial charge in [0.05, 0.1) is 13.0 Å². The van der Waals surface area contributed by atoms with Crippen LogP contribution in [0.5, 0.6) is 0 Å². The molecule has 19 heavy (non-hydrogen) atoms. The molecule has 1 saturated heterocycles. The van der Waals surface area contributed by atoms with E-state index in [0.29, 0.717) is 5.57 Å². The molecule has 0 atom stereocenters. The highest BCUT2D eigenvalue weighted by Crippen LogP contribution is 2.17. The molecule has 98 valence electrons. The molecule has 0 aromatic heterocycles. The van der Waals surface area contributed by atoms with Crippen LogP contribution in [-0.4, -0.2) is 40.8 Å². The van der Waals surface area contributed by atoms with Gasteiger partial charge in [-0.25, -0.2) is 0 Å². The Labute approximate surface area is 110 Å². The van der Waals surface area contributed by atoms with E-state index in [4.69, 9.17) is 5.11 Å². The topological polar surface area (TPSA) is 74.7 Å². The molecule has 1 amide bonds. The average molecular weight is 259 g/mol. The molecule has 5 nitrogen and oxygen atoms in total. The molecule has 0 aliphatic carbocycles. The lowest BCUT2D eigenvalue weighted by Gasteiger charge is -2.11. The van der Waals surface area contributed by atoms with Crippen LogP contribution in [-0.2, 0) is 14.4 Å². The van der Waals surface area contributed by atoms with E-state index in [-0.39, 0.29) is 19.5 Å². The van der Waals surface area contributed by atoms with Gasteiger partial charge in [-0.15, -0.1) is 0 Å². The quantitative estimate of drug-likeness (QED) is 0.645. The Balaban J connectivity index is 2.12. The van der Waals surface area contributed by atoms with Gasteiger partial charge in [0.15, 0.2) is 0 Å². The van der Waals surface area contributed by atoms with Crippen molar-refractivity contribution in [1.82, 2.24) is 4.90 Å². The Hall–Kier alpha value is -2.43. The van der Waals surface area contributed by atoms with Gasteiger partial charge in [-0.3, -0.25) is 14.4 Å². The van der Waals surface area contributed by atoms with E-state index in [0.717, 1.165) is 5.56 Å². The number of benzene rings is 1. The fraction of sp³-hybridized carbons (Fsp3) is 0.214. The molecule has 1 aliphatic heterocycles. The molecule has 2 rings (SSSR count). The number of hydrogen-bond donors (Lipinski definition) is 1. The SMILES string of the molecule is O=C(O)CCN1C/C(=C\c2ccccc2)C(=O)C1=O. The van der Waals surface area contributed by atoms with Gasteiger partial charge in [0.2, 0.25) is 5.78 Å². The van der Waals surface area contributed by atoms with Gasteiger partial charge in [0.1, 0.15) is 0 Å². The highest BCUT2D eigenvalue weighted by atomic mass is 16.4. The van der Waals surface area contributed by atoms with Crippen LogP contribution in [0.3, 0.4) is 0 Å². The number of aliphatic carboxylic acids is 1. The van der Waals surface area contributed by atoms with E-state index in [9.17, 15) is 14.4 Å². The van der Waals surface area contributed by atoms with Crippen LogP contribution < -0.4 is 0 Å². The van der Waals surface area contributed by atoms with Crippen molar-refractivity contribution in [2.75, 3.05) is 13.1 Å². The fourth-order valence-electron chi connectivity index (χ4n) is 1.90. The first-order valence-corrected chi connectivity index (χ1v) is 5.89. The van der Waals surface area contributed by atoms with Crippen LogP contribution in [0.25, 0.3) is 6.08 Å². The van der Waals surface area contributed by atoms with Crippen molar-refractivity contribution in [2.45, 2.75) is 6.42 Å². The van der Waals surface area contributed by atoms with Gasteiger partial charge < -0.3 is 10.0 Å². The molecule has 0 spiro atoms. The summed E-state index contributed by atoms with van der Waals surface area (Å²) in [6.45, 7) is 0.242. The summed E-state index contributed by atoms with van der Waals surface area (Å²) < 4.78 is 0. The summed E-state index contributed by atoms with van der Waals surface area (Å²) in [7, 11) is 0. The summed E-state index contributed by atoms with van der Waals surface area (Å²) in [6.07, 6.45) is 1.51.